The number of methoxy groups -OCH3 is 1. The third-order valence-electron chi connectivity index (χ3n) is 3.75. The van der Waals surface area contributed by atoms with Gasteiger partial charge in [-0.25, -0.2) is 4.98 Å². The number of nitrogens with zero attached hydrogens (tertiary/aromatic N) is 2. The van der Waals surface area contributed by atoms with E-state index in [1.165, 1.54) is 37.1 Å². The summed E-state index contributed by atoms with van der Waals surface area (Å²) in [6.07, 6.45) is 0. The molecule has 0 aliphatic heterocycles. The van der Waals surface area contributed by atoms with Crippen LogP contribution in [0.1, 0.15) is 6.92 Å². The van der Waals surface area contributed by atoms with Crippen LogP contribution in [-0.4, -0.2) is 40.3 Å². The summed E-state index contributed by atoms with van der Waals surface area (Å²) in [6, 6.07) is 9.56. The Morgan fingerprint density at radius 3 is 2.86 bits per heavy atom. The molecule has 0 saturated heterocycles. The molecular formula is C18H18N4O5S. The van der Waals surface area contributed by atoms with Crippen LogP contribution >= 0.6 is 11.8 Å². The topological polar surface area (TPSA) is 119 Å². The fourth-order valence-corrected chi connectivity index (χ4v) is 3.19. The maximum absolute atomic E-state index is 12.2. The van der Waals surface area contributed by atoms with Crippen LogP contribution in [0.2, 0.25) is 0 Å². The highest BCUT2D eigenvalue weighted by atomic mass is 32.2. The molecule has 0 atom stereocenters. The average molecular weight is 402 g/mol. The first-order valence-electron chi connectivity index (χ1n) is 8.37. The highest BCUT2D eigenvalue weighted by Crippen LogP contribution is 2.29. The Morgan fingerprint density at radius 2 is 2.14 bits per heavy atom. The van der Waals surface area contributed by atoms with E-state index >= 15 is 0 Å². The first-order valence-corrected chi connectivity index (χ1v) is 9.36. The van der Waals surface area contributed by atoms with Crippen molar-refractivity contribution in [1.29, 1.82) is 0 Å². The smallest absolute Gasteiger partial charge is 0.273 e. The van der Waals surface area contributed by atoms with Gasteiger partial charge in [-0.3, -0.25) is 14.9 Å². The summed E-state index contributed by atoms with van der Waals surface area (Å²) in [5.74, 6) is 0.795. The van der Waals surface area contributed by atoms with Crippen LogP contribution in [0.25, 0.3) is 11.0 Å². The predicted octanol–water partition coefficient (Wildman–Crippen LogP) is 3.61. The molecule has 0 aliphatic carbocycles. The third-order valence-corrected chi connectivity index (χ3v) is 4.63. The zero-order chi connectivity index (χ0) is 20.1. The summed E-state index contributed by atoms with van der Waals surface area (Å²) in [7, 11) is 1.38. The van der Waals surface area contributed by atoms with Gasteiger partial charge in [0.05, 0.1) is 47.2 Å². The minimum absolute atomic E-state index is 0.109. The summed E-state index contributed by atoms with van der Waals surface area (Å²) < 4.78 is 10.6. The molecule has 0 aliphatic rings. The van der Waals surface area contributed by atoms with E-state index < -0.39 is 4.92 Å². The summed E-state index contributed by atoms with van der Waals surface area (Å²) in [6.45, 7) is 2.49. The minimum Gasteiger partial charge on any atom is -0.494 e. The van der Waals surface area contributed by atoms with Crippen molar-refractivity contribution < 1.29 is 19.2 Å². The fourth-order valence-electron chi connectivity index (χ4n) is 2.51. The van der Waals surface area contributed by atoms with Crippen molar-refractivity contribution in [2.45, 2.75) is 12.1 Å². The van der Waals surface area contributed by atoms with E-state index in [0.29, 0.717) is 17.5 Å². The number of ether oxygens (including phenoxy) is 2. The number of carbonyl (C=O) groups excluding carboxylic acids is 1. The number of nitro groups is 1. The van der Waals surface area contributed by atoms with Gasteiger partial charge in [-0.1, -0.05) is 11.8 Å². The number of nitrogens with one attached hydrogen (secondary N) is 2. The molecular weight excluding hydrogens is 384 g/mol. The number of carbonyl (C=O) groups is 1. The molecule has 3 rings (SSSR count). The van der Waals surface area contributed by atoms with E-state index in [9.17, 15) is 14.9 Å². The largest absolute Gasteiger partial charge is 0.494 e. The second-order valence-electron chi connectivity index (χ2n) is 5.63. The molecule has 0 fully saturated rings. The Morgan fingerprint density at radius 1 is 1.32 bits per heavy atom. The maximum Gasteiger partial charge on any atom is 0.273 e. The van der Waals surface area contributed by atoms with Crippen molar-refractivity contribution in [3.8, 4) is 11.5 Å². The lowest BCUT2D eigenvalue weighted by atomic mass is 10.2. The SMILES string of the molecule is CCOc1ccc2nc(SCC(=O)Nc3ccc([N+](=O)[O-])cc3OC)[nH]c2c1. The molecule has 0 unspecified atom stereocenters. The minimum atomic E-state index is -0.525. The van der Waals surface area contributed by atoms with Crippen LogP contribution in [0.3, 0.4) is 0 Å². The normalized spacial score (nSPS) is 10.6. The Bertz CT molecular complexity index is 1020. The van der Waals surface area contributed by atoms with E-state index in [0.717, 1.165) is 16.8 Å². The van der Waals surface area contributed by atoms with Crippen LogP contribution in [0.5, 0.6) is 11.5 Å². The number of hydrogen-bond donors (Lipinski definition) is 2. The quantitative estimate of drug-likeness (QED) is 0.335. The molecule has 0 saturated carbocycles. The molecule has 1 heterocycles. The molecule has 146 valence electrons. The van der Waals surface area contributed by atoms with Gasteiger partial charge < -0.3 is 19.8 Å². The highest BCUT2D eigenvalue weighted by molar-refractivity contribution is 7.99. The lowest BCUT2D eigenvalue weighted by Gasteiger charge is -2.09. The predicted molar refractivity (Wildman–Crippen MR) is 106 cm³/mol. The summed E-state index contributed by atoms with van der Waals surface area (Å²) >= 11 is 1.25. The zero-order valence-electron chi connectivity index (χ0n) is 15.2. The molecule has 9 nitrogen and oxygen atoms in total. The van der Waals surface area contributed by atoms with E-state index in [-0.39, 0.29) is 23.1 Å². The third kappa shape index (κ3) is 4.52. The average Bonchev–Trinajstić information content (AvgIpc) is 3.09. The van der Waals surface area contributed by atoms with Gasteiger partial charge in [0.15, 0.2) is 5.16 Å². The number of imidazole rings is 1. The lowest BCUT2D eigenvalue weighted by Crippen LogP contribution is -2.14. The summed E-state index contributed by atoms with van der Waals surface area (Å²) in [5.41, 5.74) is 1.86. The van der Waals surface area contributed by atoms with E-state index in [1.807, 2.05) is 25.1 Å². The Balaban J connectivity index is 1.64. The number of hydrogen-bond acceptors (Lipinski definition) is 7. The van der Waals surface area contributed by atoms with Crippen LogP contribution < -0.4 is 14.8 Å². The Labute approximate surface area is 164 Å². The van der Waals surface area contributed by atoms with Gasteiger partial charge in [-0.15, -0.1) is 0 Å². The monoisotopic (exact) mass is 402 g/mol. The van der Waals surface area contributed by atoms with Crippen molar-refractivity contribution in [2.24, 2.45) is 0 Å². The van der Waals surface area contributed by atoms with Gasteiger partial charge in [-0.2, -0.15) is 0 Å². The van der Waals surface area contributed by atoms with E-state index in [1.54, 1.807) is 0 Å². The number of fused-ring (bicyclic) bond motifs is 1. The molecule has 1 aromatic heterocycles. The van der Waals surface area contributed by atoms with Crippen molar-refractivity contribution >= 4 is 40.1 Å². The standard InChI is InChI=1S/C18H18N4O5S/c1-3-27-12-5-7-13-15(9-12)21-18(20-13)28-10-17(23)19-14-6-4-11(22(24)25)8-16(14)26-2/h4-9H,3,10H2,1-2H3,(H,19,23)(H,20,21). The number of aromatic amines is 1. The zero-order valence-corrected chi connectivity index (χ0v) is 16.0. The number of H-pyrrole nitrogens is 1. The number of aromatic nitrogens is 2. The van der Waals surface area contributed by atoms with E-state index in [2.05, 4.69) is 15.3 Å². The molecule has 2 N–H and O–H groups in total. The molecule has 28 heavy (non-hydrogen) atoms. The maximum atomic E-state index is 12.2. The summed E-state index contributed by atoms with van der Waals surface area (Å²) in [4.78, 5) is 30.1. The van der Waals surface area contributed by atoms with Gasteiger partial charge in [0.2, 0.25) is 5.91 Å². The Hall–Kier alpha value is -3.27. The number of benzene rings is 2. The van der Waals surface area contributed by atoms with Crippen LogP contribution in [0, 0.1) is 10.1 Å². The van der Waals surface area contributed by atoms with Crippen molar-refractivity contribution in [2.75, 3.05) is 24.8 Å². The number of thioether (sulfide) groups is 1. The lowest BCUT2D eigenvalue weighted by molar-refractivity contribution is -0.384. The molecule has 0 bridgehead atoms. The number of rotatable bonds is 8. The second-order valence-corrected chi connectivity index (χ2v) is 6.60. The van der Waals surface area contributed by atoms with Crippen LogP contribution in [0.15, 0.2) is 41.6 Å². The fraction of sp³-hybridized carbons (Fsp3) is 0.222. The van der Waals surface area contributed by atoms with Gasteiger partial charge >= 0.3 is 0 Å². The Kier molecular flexibility index (Phi) is 5.99. The van der Waals surface area contributed by atoms with E-state index in [4.69, 9.17) is 9.47 Å². The molecule has 0 spiro atoms. The number of non-ortho nitro benzene ring substituents is 1. The highest BCUT2D eigenvalue weighted by Gasteiger charge is 2.14. The molecule has 0 radical (unpaired) electrons. The van der Waals surface area contributed by atoms with Gasteiger partial charge in [0.25, 0.3) is 5.69 Å². The van der Waals surface area contributed by atoms with Crippen molar-refractivity contribution in [3.63, 3.8) is 0 Å². The molecule has 3 aromatic rings. The number of amides is 1. The molecule has 10 heteroatoms. The van der Waals surface area contributed by atoms with Gasteiger partial charge in [0, 0.05) is 12.1 Å². The van der Waals surface area contributed by atoms with Crippen LogP contribution in [0.4, 0.5) is 11.4 Å². The second kappa shape index (κ2) is 8.61. The number of anilines is 1. The van der Waals surface area contributed by atoms with Crippen molar-refractivity contribution in [1.82, 2.24) is 9.97 Å². The van der Waals surface area contributed by atoms with Gasteiger partial charge in [-0.05, 0) is 25.1 Å². The summed E-state index contributed by atoms with van der Waals surface area (Å²) in [5, 5.41) is 14.1. The van der Waals surface area contributed by atoms with Gasteiger partial charge in [0.1, 0.15) is 11.5 Å². The molecule has 1 amide bonds. The van der Waals surface area contributed by atoms with Crippen molar-refractivity contribution in [3.05, 3.63) is 46.5 Å². The molecule has 2 aromatic carbocycles. The number of nitro benzene ring substituents is 1. The first-order chi connectivity index (χ1) is 13.5. The first kappa shape index (κ1) is 19.5. The van der Waals surface area contributed by atoms with Crippen LogP contribution in [-0.2, 0) is 4.79 Å².